The van der Waals surface area contributed by atoms with E-state index in [0.29, 0.717) is 25.1 Å². The molecule has 2 aromatic rings. The predicted molar refractivity (Wildman–Crippen MR) is 115 cm³/mol. The van der Waals surface area contributed by atoms with E-state index in [-0.39, 0.29) is 22.9 Å². The molecular formula is C22H23F6N3S. The van der Waals surface area contributed by atoms with Crippen molar-refractivity contribution in [1.29, 1.82) is 0 Å². The van der Waals surface area contributed by atoms with Crippen molar-refractivity contribution in [3.63, 3.8) is 0 Å². The van der Waals surface area contributed by atoms with Crippen LogP contribution >= 0.6 is 12.2 Å². The Bertz CT molecular complexity index is 876. The van der Waals surface area contributed by atoms with Crippen LogP contribution in [-0.4, -0.2) is 35.7 Å². The van der Waals surface area contributed by atoms with Crippen molar-refractivity contribution in [3.8, 4) is 0 Å². The summed E-state index contributed by atoms with van der Waals surface area (Å²) in [5.41, 5.74) is -2.11. The van der Waals surface area contributed by atoms with Crippen LogP contribution in [0.1, 0.15) is 29.5 Å². The zero-order valence-electron chi connectivity index (χ0n) is 17.1. The summed E-state index contributed by atoms with van der Waals surface area (Å²) in [5.74, 6) is 0. The molecule has 0 saturated carbocycles. The third-order valence-corrected chi connectivity index (χ3v) is 5.40. The summed E-state index contributed by atoms with van der Waals surface area (Å²) in [6, 6.07) is 10.8. The van der Waals surface area contributed by atoms with Gasteiger partial charge in [0.15, 0.2) is 5.11 Å². The van der Waals surface area contributed by atoms with Gasteiger partial charge in [0.1, 0.15) is 0 Å². The Balaban J connectivity index is 1.75. The van der Waals surface area contributed by atoms with Gasteiger partial charge in [0.2, 0.25) is 0 Å². The lowest BCUT2D eigenvalue weighted by atomic mass is 10.1. The van der Waals surface area contributed by atoms with Crippen molar-refractivity contribution in [3.05, 3.63) is 65.2 Å². The molecule has 10 heteroatoms. The normalized spacial score (nSPS) is 16.1. The van der Waals surface area contributed by atoms with Crippen LogP contribution in [0.3, 0.4) is 0 Å². The minimum atomic E-state index is -4.92. The first-order chi connectivity index (χ1) is 15.0. The number of rotatable bonds is 6. The second-order valence-electron chi connectivity index (χ2n) is 7.79. The van der Waals surface area contributed by atoms with Crippen molar-refractivity contribution >= 4 is 23.0 Å². The molecule has 0 amide bonds. The van der Waals surface area contributed by atoms with Gasteiger partial charge in [-0.3, -0.25) is 0 Å². The summed E-state index contributed by atoms with van der Waals surface area (Å²) in [7, 11) is 0. The molecule has 1 heterocycles. The van der Waals surface area contributed by atoms with Gasteiger partial charge in [-0.2, -0.15) is 26.3 Å². The fraction of sp³-hybridized carbons (Fsp3) is 0.409. The van der Waals surface area contributed by atoms with Gasteiger partial charge in [0.05, 0.1) is 11.1 Å². The molecule has 1 saturated heterocycles. The quantitative estimate of drug-likeness (QED) is 0.413. The molecule has 0 aliphatic carbocycles. The molecule has 0 unspecified atom stereocenters. The maximum Gasteiger partial charge on any atom is 0.416 e. The molecule has 0 spiro atoms. The Morgan fingerprint density at radius 3 is 2.00 bits per heavy atom. The maximum absolute atomic E-state index is 13.1. The summed E-state index contributed by atoms with van der Waals surface area (Å²) in [6.07, 6.45) is -7.05. The van der Waals surface area contributed by atoms with Crippen LogP contribution in [0.25, 0.3) is 0 Å². The van der Waals surface area contributed by atoms with E-state index in [2.05, 4.69) is 15.5 Å². The van der Waals surface area contributed by atoms with E-state index < -0.39 is 23.5 Å². The SMILES string of the molecule is FC(F)(F)c1cc(NC(=S)N[C@@H](Cc2ccccc2)CN2CCCC2)cc(C(F)(F)F)c1. The van der Waals surface area contributed by atoms with E-state index >= 15 is 0 Å². The van der Waals surface area contributed by atoms with Gasteiger partial charge in [-0.05, 0) is 68.3 Å². The monoisotopic (exact) mass is 475 g/mol. The first-order valence-electron chi connectivity index (χ1n) is 10.1. The molecule has 174 valence electrons. The molecule has 1 aliphatic rings. The summed E-state index contributed by atoms with van der Waals surface area (Å²) in [6.45, 7) is 2.54. The molecule has 0 radical (unpaired) electrons. The van der Waals surface area contributed by atoms with Gasteiger partial charge in [0, 0.05) is 18.3 Å². The van der Waals surface area contributed by atoms with Gasteiger partial charge < -0.3 is 15.5 Å². The van der Waals surface area contributed by atoms with Crippen molar-refractivity contribution < 1.29 is 26.3 Å². The predicted octanol–water partition coefficient (Wildman–Crippen LogP) is 5.72. The van der Waals surface area contributed by atoms with Crippen LogP contribution in [0.4, 0.5) is 32.0 Å². The van der Waals surface area contributed by atoms with Gasteiger partial charge in [0.25, 0.3) is 0 Å². The Morgan fingerprint density at radius 1 is 0.906 bits per heavy atom. The standard InChI is InChI=1S/C22H23F6N3S/c23-21(24,25)16-11-17(22(26,27)28)13-18(12-16)29-20(32)30-19(14-31-8-4-5-9-31)10-15-6-2-1-3-7-15/h1-3,6-7,11-13,19H,4-5,8-10,14H2,(H2,29,30,32)/t19-/m0/s1. The number of likely N-dealkylation sites (tertiary alicyclic amines) is 1. The Morgan fingerprint density at radius 2 is 1.47 bits per heavy atom. The van der Waals surface area contributed by atoms with Gasteiger partial charge in [-0.25, -0.2) is 0 Å². The van der Waals surface area contributed by atoms with Gasteiger partial charge in [-0.1, -0.05) is 30.3 Å². The summed E-state index contributed by atoms with van der Waals surface area (Å²) in [4.78, 5) is 2.26. The van der Waals surface area contributed by atoms with E-state index in [4.69, 9.17) is 12.2 Å². The molecule has 1 atom stereocenters. The zero-order chi connectivity index (χ0) is 23.4. The molecular weight excluding hydrogens is 452 g/mol. The third-order valence-electron chi connectivity index (χ3n) is 5.18. The molecule has 1 fully saturated rings. The lowest BCUT2D eigenvalue weighted by Crippen LogP contribution is -2.46. The van der Waals surface area contributed by atoms with Crippen LogP contribution < -0.4 is 10.6 Å². The van der Waals surface area contributed by atoms with E-state index in [0.717, 1.165) is 31.5 Å². The molecule has 2 N–H and O–H groups in total. The molecule has 0 bridgehead atoms. The Labute approximate surface area is 187 Å². The fourth-order valence-electron chi connectivity index (χ4n) is 3.72. The van der Waals surface area contributed by atoms with Gasteiger partial charge in [-0.15, -0.1) is 0 Å². The zero-order valence-corrected chi connectivity index (χ0v) is 17.9. The largest absolute Gasteiger partial charge is 0.416 e. The highest BCUT2D eigenvalue weighted by molar-refractivity contribution is 7.80. The van der Waals surface area contributed by atoms with Crippen molar-refractivity contribution in [1.82, 2.24) is 10.2 Å². The van der Waals surface area contributed by atoms with Crippen molar-refractivity contribution in [2.45, 2.75) is 37.7 Å². The first-order valence-corrected chi connectivity index (χ1v) is 10.5. The Hall–Kier alpha value is -2.33. The molecule has 3 nitrogen and oxygen atoms in total. The number of nitrogens with one attached hydrogen (secondary N) is 2. The van der Waals surface area contributed by atoms with Crippen molar-refractivity contribution in [2.75, 3.05) is 25.0 Å². The summed E-state index contributed by atoms with van der Waals surface area (Å²) < 4.78 is 78.6. The highest BCUT2D eigenvalue weighted by atomic mass is 32.1. The minimum Gasteiger partial charge on any atom is -0.358 e. The average molecular weight is 476 g/mol. The molecule has 1 aliphatic heterocycles. The lowest BCUT2D eigenvalue weighted by molar-refractivity contribution is -0.143. The number of benzene rings is 2. The highest BCUT2D eigenvalue weighted by Crippen LogP contribution is 2.37. The highest BCUT2D eigenvalue weighted by Gasteiger charge is 2.37. The van der Waals surface area contributed by atoms with Crippen molar-refractivity contribution in [2.24, 2.45) is 0 Å². The summed E-state index contributed by atoms with van der Waals surface area (Å²) >= 11 is 5.24. The third kappa shape index (κ3) is 7.09. The van der Waals surface area contributed by atoms with Crippen LogP contribution in [0, 0.1) is 0 Å². The molecule has 0 aromatic heterocycles. The van der Waals surface area contributed by atoms with Crippen LogP contribution in [-0.2, 0) is 18.8 Å². The lowest BCUT2D eigenvalue weighted by Gasteiger charge is -2.26. The summed E-state index contributed by atoms with van der Waals surface area (Å²) in [5, 5.41) is 5.55. The number of hydrogen-bond donors (Lipinski definition) is 2. The number of alkyl halides is 6. The smallest absolute Gasteiger partial charge is 0.358 e. The molecule has 32 heavy (non-hydrogen) atoms. The second-order valence-corrected chi connectivity index (χ2v) is 8.20. The molecule has 3 rings (SSSR count). The van der Waals surface area contributed by atoms with Gasteiger partial charge >= 0.3 is 12.4 Å². The van der Waals surface area contributed by atoms with E-state index in [1.165, 1.54) is 0 Å². The minimum absolute atomic E-state index is 0.0300. The number of anilines is 1. The van der Waals surface area contributed by atoms with Crippen LogP contribution in [0.15, 0.2) is 48.5 Å². The van der Waals surface area contributed by atoms with E-state index in [9.17, 15) is 26.3 Å². The number of nitrogens with zero attached hydrogens (tertiary/aromatic N) is 1. The topological polar surface area (TPSA) is 27.3 Å². The van der Waals surface area contributed by atoms with E-state index in [1.807, 2.05) is 30.3 Å². The first kappa shape index (κ1) is 24.3. The van der Waals surface area contributed by atoms with Crippen LogP contribution in [0.2, 0.25) is 0 Å². The Kier molecular flexibility index (Phi) is 7.66. The number of hydrogen-bond acceptors (Lipinski definition) is 2. The average Bonchev–Trinajstić information content (AvgIpc) is 3.20. The number of halogens is 6. The van der Waals surface area contributed by atoms with E-state index in [1.54, 1.807) is 0 Å². The second kappa shape index (κ2) is 10.1. The fourth-order valence-corrected chi connectivity index (χ4v) is 4.00. The van der Waals surface area contributed by atoms with Crippen LogP contribution in [0.5, 0.6) is 0 Å². The molecule has 2 aromatic carbocycles. The number of thiocarbonyl (C=S) groups is 1. The maximum atomic E-state index is 13.1.